The highest BCUT2D eigenvalue weighted by Crippen LogP contribution is 2.34. The number of hydrogen-bond donors (Lipinski definition) is 3. The van der Waals surface area contributed by atoms with E-state index in [2.05, 4.69) is 15.3 Å². The summed E-state index contributed by atoms with van der Waals surface area (Å²) in [7, 11) is 1.62. The Morgan fingerprint density at radius 3 is 2.88 bits per heavy atom. The number of amides is 1. The molecule has 1 heterocycles. The number of rotatable bonds is 7. The lowest BCUT2D eigenvalue weighted by Gasteiger charge is -2.16. The number of aliphatic hydroxyl groups excluding tert-OH is 1. The van der Waals surface area contributed by atoms with Crippen LogP contribution >= 0.6 is 0 Å². The number of methoxy groups -OCH3 is 1. The monoisotopic (exact) mass is 345 g/mol. The zero-order chi connectivity index (χ0) is 17.6. The Morgan fingerprint density at radius 1 is 1.36 bits per heavy atom. The molecule has 7 nitrogen and oxygen atoms in total. The van der Waals surface area contributed by atoms with Gasteiger partial charge in [0.15, 0.2) is 11.5 Å². The van der Waals surface area contributed by atoms with E-state index in [-0.39, 0.29) is 25.2 Å². The van der Waals surface area contributed by atoms with Crippen LogP contribution in [0.4, 0.5) is 0 Å². The minimum absolute atomic E-state index is 0.104. The summed E-state index contributed by atoms with van der Waals surface area (Å²) in [6.45, 7) is 0.0994. The van der Waals surface area contributed by atoms with E-state index >= 15 is 0 Å². The Bertz CT molecular complexity index is 723. The van der Waals surface area contributed by atoms with Gasteiger partial charge >= 0.3 is 0 Å². The van der Waals surface area contributed by atoms with Crippen molar-refractivity contribution in [2.45, 2.75) is 31.8 Å². The van der Waals surface area contributed by atoms with Crippen LogP contribution in [0, 0.1) is 0 Å². The van der Waals surface area contributed by atoms with Crippen molar-refractivity contribution in [3.05, 3.63) is 30.1 Å². The molecule has 25 heavy (non-hydrogen) atoms. The van der Waals surface area contributed by atoms with Gasteiger partial charge in [-0.1, -0.05) is 0 Å². The molecule has 0 spiro atoms. The molecule has 0 aliphatic heterocycles. The molecule has 2 aromatic rings. The number of aromatic amines is 1. The highest BCUT2D eigenvalue weighted by molar-refractivity contribution is 5.92. The molecule has 3 rings (SSSR count). The minimum atomic E-state index is -0.302. The molecule has 0 unspecified atom stereocenters. The van der Waals surface area contributed by atoms with Crippen molar-refractivity contribution < 1.29 is 19.4 Å². The lowest BCUT2D eigenvalue weighted by atomic mass is 10.2. The van der Waals surface area contributed by atoms with Crippen LogP contribution in [0.25, 0.3) is 11.4 Å². The second-order valence-corrected chi connectivity index (χ2v) is 6.01. The van der Waals surface area contributed by atoms with Gasteiger partial charge < -0.3 is 24.9 Å². The second-order valence-electron chi connectivity index (χ2n) is 6.01. The number of nitrogens with one attached hydrogen (secondary N) is 2. The summed E-state index contributed by atoms with van der Waals surface area (Å²) in [6, 6.07) is 5.59. The van der Waals surface area contributed by atoms with Crippen molar-refractivity contribution in [1.29, 1.82) is 0 Å². The molecule has 1 aromatic carbocycles. The molecular formula is C18H23N3O4. The van der Waals surface area contributed by atoms with Crippen molar-refractivity contribution in [2.75, 3.05) is 20.3 Å². The fourth-order valence-electron chi connectivity index (χ4n) is 2.95. The zero-order valence-electron chi connectivity index (χ0n) is 14.2. The first kappa shape index (κ1) is 17.3. The van der Waals surface area contributed by atoms with Crippen molar-refractivity contribution in [2.24, 2.45) is 0 Å². The number of benzene rings is 1. The summed E-state index contributed by atoms with van der Waals surface area (Å²) >= 11 is 0. The average molecular weight is 345 g/mol. The Labute approximate surface area is 146 Å². The Hall–Kier alpha value is -2.54. The molecule has 1 fully saturated rings. The highest BCUT2D eigenvalue weighted by atomic mass is 16.5. The lowest BCUT2D eigenvalue weighted by molar-refractivity contribution is 0.0940. The predicted molar refractivity (Wildman–Crippen MR) is 92.9 cm³/mol. The van der Waals surface area contributed by atoms with Gasteiger partial charge in [0.25, 0.3) is 5.91 Å². The molecule has 0 atom stereocenters. The van der Waals surface area contributed by atoms with Gasteiger partial charge in [0.1, 0.15) is 11.5 Å². The molecule has 1 aromatic heterocycles. The molecular weight excluding hydrogens is 322 g/mol. The third kappa shape index (κ3) is 4.11. The molecule has 0 radical (unpaired) electrons. The number of ether oxygens (including phenoxy) is 2. The lowest BCUT2D eigenvalue weighted by Crippen LogP contribution is -2.26. The van der Waals surface area contributed by atoms with Crippen LogP contribution in [-0.2, 0) is 0 Å². The number of aliphatic hydroxyl groups is 1. The second kappa shape index (κ2) is 8.02. The van der Waals surface area contributed by atoms with E-state index < -0.39 is 0 Å². The van der Waals surface area contributed by atoms with Crippen molar-refractivity contribution in [3.8, 4) is 22.9 Å². The SMILES string of the molecule is COc1ccc(-c2ncc(C(=O)NCCO)[nH]2)cc1OC1CCCC1. The standard InChI is InChI=1S/C18H23N3O4/c1-24-15-7-6-12(10-16(15)25-13-4-2-3-5-13)17-20-11-14(21-17)18(23)19-8-9-22/h6-7,10-11,13,22H,2-5,8-9H2,1H3,(H,19,23)(H,20,21). The molecule has 7 heteroatoms. The van der Waals surface area contributed by atoms with Gasteiger partial charge in [0.2, 0.25) is 0 Å². The summed E-state index contributed by atoms with van der Waals surface area (Å²) in [4.78, 5) is 19.2. The van der Waals surface area contributed by atoms with Crippen LogP contribution < -0.4 is 14.8 Å². The molecule has 1 saturated carbocycles. The van der Waals surface area contributed by atoms with E-state index in [1.807, 2.05) is 18.2 Å². The van der Waals surface area contributed by atoms with Gasteiger partial charge in [-0.3, -0.25) is 4.79 Å². The maximum atomic E-state index is 11.9. The number of hydrogen-bond acceptors (Lipinski definition) is 5. The van der Waals surface area contributed by atoms with Crippen LogP contribution in [-0.4, -0.2) is 47.3 Å². The first-order valence-corrected chi connectivity index (χ1v) is 8.50. The largest absolute Gasteiger partial charge is 0.493 e. The number of carbonyl (C=O) groups excluding carboxylic acids is 1. The molecule has 1 aliphatic carbocycles. The van der Waals surface area contributed by atoms with E-state index in [0.717, 1.165) is 18.4 Å². The van der Waals surface area contributed by atoms with E-state index in [0.29, 0.717) is 23.0 Å². The van der Waals surface area contributed by atoms with Gasteiger partial charge in [-0.2, -0.15) is 0 Å². The van der Waals surface area contributed by atoms with Crippen LogP contribution in [0.3, 0.4) is 0 Å². The number of nitrogens with zero attached hydrogens (tertiary/aromatic N) is 1. The number of aromatic nitrogens is 2. The van der Waals surface area contributed by atoms with Gasteiger partial charge in [0, 0.05) is 12.1 Å². The molecule has 0 bridgehead atoms. The molecule has 0 saturated heterocycles. The van der Waals surface area contributed by atoms with Gasteiger partial charge in [0.05, 0.1) is 26.0 Å². The smallest absolute Gasteiger partial charge is 0.269 e. The number of carbonyl (C=O) groups is 1. The first-order valence-electron chi connectivity index (χ1n) is 8.50. The topological polar surface area (TPSA) is 96.5 Å². The molecule has 134 valence electrons. The van der Waals surface area contributed by atoms with Gasteiger partial charge in [-0.05, 0) is 43.9 Å². The van der Waals surface area contributed by atoms with Crippen molar-refractivity contribution in [1.82, 2.24) is 15.3 Å². The van der Waals surface area contributed by atoms with Crippen LogP contribution in [0.1, 0.15) is 36.2 Å². The molecule has 1 amide bonds. The number of H-pyrrole nitrogens is 1. The Morgan fingerprint density at radius 2 is 2.16 bits per heavy atom. The van der Waals surface area contributed by atoms with Gasteiger partial charge in [-0.15, -0.1) is 0 Å². The first-order chi connectivity index (χ1) is 12.2. The highest BCUT2D eigenvalue weighted by Gasteiger charge is 2.19. The van der Waals surface area contributed by atoms with E-state index in [4.69, 9.17) is 14.6 Å². The maximum absolute atomic E-state index is 11.9. The van der Waals surface area contributed by atoms with Gasteiger partial charge in [-0.25, -0.2) is 4.98 Å². The average Bonchev–Trinajstić information content (AvgIpc) is 3.31. The molecule has 1 aliphatic rings. The van der Waals surface area contributed by atoms with Crippen LogP contribution in [0.5, 0.6) is 11.5 Å². The fourth-order valence-corrected chi connectivity index (χ4v) is 2.95. The van der Waals surface area contributed by atoms with Crippen molar-refractivity contribution in [3.63, 3.8) is 0 Å². The van der Waals surface area contributed by atoms with E-state index in [1.165, 1.54) is 19.0 Å². The van der Waals surface area contributed by atoms with E-state index in [1.54, 1.807) is 7.11 Å². The summed E-state index contributed by atoms with van der Waals surface area (Å²) in [5.74, 6) is 1.65. The molecule has 3 N–H and O–H groups in total. The summed E-state index contributed by atoms with van der Waals surface area (Å²) in [6.07, 6.45) is 6.20. The summed E-state index contributed by atoms with van der Waals surface area (Å²) in [5, 5.41) is 11.4. The fraction of sp³-hybridized carbons (Fsp3) is 0.444. The predicted octanol–water partition coefficient (Wildman–Crippen LogP) is 2.13. The maximum Gasteiger partial charge on any atom is 0.269 e. The summed E-state index contributed by atoms with van der Waals surface area (Å²) < 4.78 is 11.5. The quantitative estimate of drug-likeness (QED) is 0.714. The normalized spacial score (nSPS) is 14.5. The Kier molecular flexibility index (Phi) is 5.55. The Balaban J connectivity index is 1.80. The number of imidazole rings is 1. The third-order valence-electron chi connectivity index (χ3n) is 4.25. The zero-order valence-corrected chi connectivity index (χ0v) is 14.2. The van der Waals surface area contributed by atoms with Crippen LogP contribution in [0.15, 0.2) is 24.4 Å². The van der Waals surface area contributed by atoms with E-state index in [9.17, 15) is 4.79 Å². The third-order valence-corrected chi connectivity index (χ3v) is 4.25. The summed E-state index contributed by atoms with van der Waals surface area (Å²) in [5.41, 5.74) is 1.16. The minimum Gasteiger partial charge on any atom is -0.493 e. The van der Waals surface area contributed by atoms with Crippen molar-refractivity contribution >= 4 is 5.91 Å². The van der Waals surface area contributed by atoms with Crippen LogP contribution in [0.2, 0.25) is 0 Å².